The number of rotatable bonds is 53. The highest BCUT2D eigenvalue weighted by molar-refractivity contribution is 5.71. The first-order chi connectivity index (χ1) is 33.0. The Labute approximate surface area is 416 Å². The Balaban J connectivity index is 4.33. The number of hydrogen-bond donors (Lipinski definition) is 0. The van der Waals surface area contributed by atoms with Crippen LogP contribution in [0, 0.1) is 0 Å². The first-order valence-corrected chi connectivity index (χ1v) is 29.1. The van der Waals surface area contributed by atoms with E-state index in [2.05, 4.69) is 69.4 Å². The van der Waals surface area contributed by atoms with Gasteiger partial charge in [-0.2, -0.15) is 0 Å². The molecule has 1 unspecified atom stereocenters. The Morgan fingerprint density at radius 3 is 0.851 bits per heavy atom. The van der Waals surface area contributed by atoms with Gasteiger partial charge in [0, 0.05) is 19.3 Å². The largest absolute Gasteiger partial charge is 0.462 e. The van der Waals surface area contributed by atoms with Crippen molar-refractivity contribution < 1.29 is 28.6 Å². The molecular weight excluding hydrogens is 829 g/mol. The van der Waals surface area contributed by atoms with Crippen molar-refractivity contribution in [2.24, 2.45) is 0 Å². The minimum absolute atomic E-state index is 0.0764. The van der Waals surface area contributed by atoms with Crippen molar-refractivity contribution in [2.75, 3.05) is 13.2 Å². The molecule has 0 N–H and O–H groups in total. The summed E-state index contributed by atoms with van der Waals surface area (Å²) < 4.78 is 16.9. The molecule has 0 aromatic rings. The van der Waals surface area contributed by atoms with E-state index in [1.54, 1.807) is 0 Å². The highest BCUT2D eigenvalue weighted by Crippen LogP contribution is 2.16. The SMILES string of the molecule is CCCCCCC/C=C\C/C=C\C/C=C\CCCCCCCCC(=O)OCC(COC(=O)CCCCCCCCCCCCC)OC(=O)CCCCCCCCC/C=C\CCCCCCCC. The van der Waals surface area contributed by atoms with E-state index in [0.29, 0.717) is 19.3 Å². The van der Waals surface area contributed by atoms with Gasteiger partial charge < -0.3 is 14.2 Å². The highest BCUT2D eigenvalue weighted by Gasteiger charge is 2.19. The molecular formula is C61H110O6. The van der Waals surface area contributed by atoms with Gasteiger partial charge >= 0.3 is 17.9 Å². The Hall–Kier alpha value is -2.63. The summed E-state index contributed by atoms with van der Waals surface area (Å²) >= 11 is 0. The van der Waals surface area contributed by atoms with Gasteiger partial charge in [-0.15, -0.1) is 0 Å². The summed E-state index contributed by atoms with van der Waals surface area (Å²) in [7, 11) is 0. The molecule has 0 amide bonds. The number of carbonyl (C=O) groups is 3. The van der Waals surface area contributed by atoms with Crippen molar-refractivity contribution in [2.45, 2.75) is 309 Å². The zero-order chi connectivity index (χ0) is 48.6. The Morgan fingerprint density at radius 1 is 0.299 bits per heavy atom. The predicted octanol–water partition coefficient (Wildman–Crippen LogP) is 19.4. The summed E-state index contributed by atoms with van der Waals surface area (Å²) in [6, 6.07) is 0. The van der Waals surface area contributed by atoms with Crippen LogP contribution in [0.2, 0.25) is 0 Å². The van der Waals surface area contributed by atoms with Crippen LogP contribution < -0.4 is 0 Å². The summed E-state index contributed by atoms with van der Waals surface area (Å²) in [4.78, 5) is 38.1. The van der Waals surface area contributed by atoms with Crippen molar-refractivity contribution in [3.63, 3.8) is 0 Å². The molecule has 0 aliphatic heterocycles. The fourth-order valence-corrected chi connectivity index (χ4v) is 8.39. The van der Waals surface area contributed by atoms with E-state index in [4.69, 9.17) is 14.2 Å². The third-order valence-electron chi connectivity index (χ3n) is 12.8. The number of esters is 3. The lowest BCUT2D eigenvalue weighted by Gasteiger charge is -2.18. The zero-order valence-corrected chi connectivity index (χ0v) is 44.7. The number of ether oxygens (including phenoxy) is 3. The van der Waals surface area contributed by atoms with Crippen LogP contribution in [-0.2, 0) is 28.6 Å². The van der Waals surface area contributed by atoms with E-state index in [9.17, 15) is 14.4 Å². The lowest BCUT2D eigenvalue weighted by atomic mass is 10.1. The van der Waals surface area contributed by atoms with E-state index >= 15 is 0 Å². The summed E-state index contributed by atoms with van der Waals surface area (Å²) in [6.45, 7) is 6.63. The molecule has 390 valence electrons. The minimum atomic E-state index is -0.778. The van der Waals surface area contributed by atoms with Gasteiger partial charge in [0.1, 0.15) is 13.2 Å². The molecule has 0 radical (unpaired) electrons. The summed E-state index contributed by atoms with van der Waals surface area (Å²) in [6.07, 6.45) is 68.1. The molecule has 0 saturated heterocycles. The lowest BCUT2D eigenvalue weighted by molar-refractivity contribution is -0.167. The number of carbonyl (C=O) groups excluding carboxylic acids is 3. The van der Waals surface area contributed by atoms with Crippen LogP contribution in [0.25, 0.3) is 0 Å². The fraction of sp³-hybridized carbons (Fsp3) is 0.820. The Kier molecular flexibility index (Phi) is 53.8. The smallest absolute Gasteiger partial charge is 0.306 e. The molecule has 1 atom stereocenters. The normalized spacial score (nSPS) is 12.3. The maximum Gasteiger partial charge on any atom is 0.306 e. The average Bonchev–Trinajstić information content (AvgIpc) is 3.33. The lowest BCUT2D eigenvalue weighted by Crippen LogP contribution is -2.30. The molecule has 6 heteroatoms. The molecule has 0 rings (SSSR count). The fourth-order valence-electron chi connectivity index (χ4n) is 8.39. The molecule has 0 aliphatic carbocycles. The van der Waals surface area contributed by atoms with E-state index in [1.165, 1.54) is 186 Å². The van der Waals surface area contributed by atoms with E-state index in [0.717, 1.165) is 77.0 Å². The maximum absolute atomic E-state index is 12.8. The average molecular weight is 940 g/mol. The summed E-state index contributed by atoms with van der Waals surface area (Å²) in [5, 5.41) is 0. The van der Waals surface area contributed by atoms with Gasteiger partial charge in [0.2, 0.25) is 0 Å². The van der Waals surface area contributed by atoms with Crippen molar-refractivity contribution in [3.8, 4) is 0 Å². The number of allylic oxidation sites excluding steroid dienone is 8. The molecule has 0 heterocycles. The highest BCUT2D eigenvalue weighted by atomic mass is 16.6. The number of unbranched alkanes of at least 4 members (excludes halogenated alkanes) is 34. The summed E-state index contributed by atoms with van der Waals surface area (Å²) in [5.74, 6) is -0.881. The van der Waals surface area contributed by atoms with Crippen molar-refractivity contribution in [1.82, 2.24) is 0 Å². The van der Waals surface area contributed by atoms with Crippen LogP contribution in [0.15, 0.2) is 48.6 Å². The molecule has 67 heavy (non-hydrogen) atoms. The monoisotopic (exact) mass is 939 g/mol. The van der Waals surface area contributed by atoms with Crippen LogP contribution in [0.4, 0.5) is 0 Å². The van der Waals surface area contributed by atoms with Crippen molar-refractivity contribution >= 4 is 17.9 Å². The quantitative estimate of drug-likeness (QED) is 0.0262. The maximum atomic E-state index is 12.8. The van der Waals surface area contributed by atoms with Crippen LogP contribution in [0.3, 0.4) is 0 Å². The molecule has 0 fully saturated rings. The zero-order valence-electron chi connectivity index (χ0n) is 44.7. The second-order valence-corrected chi connectivity index (χ2v) is 19.6. The molecule has 0 aromatic carbocycles. The van der Waals surface area contributed by atoms with Gasteiger partial charge in [0.15, 0.2) is 6.10 Å². The van der Waals surface area contributed by atoms with Crippen molar-refractivity contribution in [3.05, 3.63) is 48.6 Å². The molecule has 0 aromatic heterocycles. The van der Waals surface area contributed by atoms with E-state index < -0.39 is 6.10 Å². The van der Waals surface area contributed by atoms with E-state index in [1.807, 2.05) is 0 Å². The number of hydrogen-bond acceptors (Lipinski definition) is 6. The van der Waals surface area contributed by atoms with Gasteiger partial charge in [-0.25, -0.2) is 0 Å². The second-order valence-electron chi connectivity index (χ2n) is 19.6. The van der Waals surface area contributed by atoms with Gasteiger partial charge in [-0.05, 0) is 83.5 Å². The molecule has 0 saturated carbocycles. The third-order valence-corrected chi connectivity index (χ3v) is 12.8. The van der Waals surface area contributed by atoms with Crippen molar-refractivity contribution in [1.29, 1.82) is 0 Å². The Morgan fingerprint density at radius 2 is 0.537 bits per heavy atom. The first-order valence-electron chi connectivity index (χ1n) is 29.1. The first kappa shape index (κ1) is 64.4. The van der Waals surface area contributed by atoms with Crippen LogP contribution in [-0.4, -0.2) is 37.2 Å². The molecule has 6 nitrogen and oxygen atoms in total. The van der Waals surface area contributed by atoms with E-state index in [-0.39, 0.29) is 31.1 Å². The van der Waals surface area contributed by atoms with Crippen LogP contribution >= 0.6 is 0 Å². The van der Waals surface area contributed by atoms with Gasteiger partial charge in [0.25, 0.3) is 0 Å². The van der Waals surface area contributed by atoms with Gasteiger partial charge in [-0.3, -0.25) is 14.4 Å². The summed E-state index contributed by atoms with van der Waals surface area (Å²) in [5.41, 5.74) is 0. The minimum Gasteiger partial charge on any atom is -0.462 e. The third kappa shape index (κ3) is 54.2. The second kappa shape index (κ2) is 56.0. The molecule has 0 spiro atoms. The molecule has 0 bridgehead atoms. The predicted molar refractivity (Wildman–Crippen MR) is 289 cm³/mol. The molecule has 0 aliphatic rings. The van der Waals surface area contributed by atoms with Gasteiger partial charge in [-0.1, -0.05) is 249 Å². The Bertz CT molecular complexity index is 1170. The standard InChI is InChI=1S/C61H110O6/c1-4-7-10-13-16-19-22-24-26-28-29-30-31-33-34-36-39-42-45-48-51-54-60(63)66-57-58(56-65-59(62)53-50-47-44-41-38-21-18-15-12-9-6-3)67-61(64)55-52-49-46-43-40-37-35-32-27-25-23-20-17-14-11-8-5-2/h22,24-25,27-29,31,33,58H,4-21,23,26,30,32,34-57H2,1-3H3/b24-22-,27-25-,29-28-,33-31-. The topological polar surface area (TPSA) is 78.9 Å². The van der Waals surface area contributed by atoms with Gasteiger partial charge in [0.05, 0.1) is 0 Å². The van der Waals surface area contributed by atoms with Crippen LogP contribution in [0.5, 0.6) is 0 Å². The van der Waals surface area contributed by atoms with Crippen LogP contribution in [0.1, 0.15) is 303 Å².